The quantitative estimate of drug-likeness (QED) is 0.877. The van der Waals surface area contributed by atoms with E-state index in [9.17, 15) is 9.50 Å². The van der Waals surface area contributed by atoms with Crippen LogP contribution < -0.4 is 4.74 Å². The zero-order valence-electron chi connectivity index (χ0n) is 10.5. The number of aryl methyl sites for hydroxylation is 1. The van der Waals surface area contributed by atoms with Crippen LogP contribution in [0.5, 0.6) is 5.75 Å². The molecule has 3 unspecified atom stereocenters. The second-order valence-electron chi connectivity index (χ2n) is 5.13. The van der Waals surface area contributed by atoms with Gasteiger partial charge >= 0.3 is 0 Å². The summed E-state index contributed by atoms with van der Waals surface area (Å²) in [6.07, 6.45) is 1.14. The van der Waals surface area contributed by atoms with Gasteiger partial charge < -0.3 is 9.84 Å². The Kier molecular flexibility index (Phi) is 3.13. The van der Waals surface area contributed by atoms with E-state index in [2.05, 4.69) is 0 Å². The summed E-state index contributed by atoms with van der Waals surface area (Å²) in [7, 11) is 0. The minimum atomic E-state index is -0.314. The number of halogens is 1. The van der Waals surface area contributed by atoms with Crippen LogP contribution in [0.1, 0.15) is 32.3 Å². The van der Waals surface area contributed by atoms with Gasteiger partial charge in [-0.25, -0.2) is 4.39 Å². The van der Waals surface area contributed by atoms with Crippen molar-refractivity contribution in [3.8, 4) is 5.75 Å². The van der Waals surface area contributed by atoms with E-state index in [0.29, 0.717) is 12.2 Å². The first-order valence-electron chi connectivity index (χ1n) is 6.08. The number of rotatable bonds is 3. The van der Waals surface area contributed by atoms with Crippen LogP contribution in [0.15, 0.2) is 18.2 Å². The van der Waals surface area contributed by atoms with Crippen molar-refractivity contribution in [2.45, 2.75) is 45.8 Å². The van der Waals surface area contributed by atoms with Crippen LogP contribution in [-0.4, -0.2) is 17.3 Å². The number of hydrogen-bond donors (Lipinski definition) is 1. The molecule has 2 rings (SSSR count). The van der Waals surface area contributed by atoms with Gasteiger partial charge in [0, 0.05) is 17.9 Å². The van der Waals surface area contributed by atoms with Gasteiger partial charge in [0.05, 0.1) is 6.10 Å². The molecular formula is C14H19FO2. The van der Waals surface area contributed by atoms with E-state index >= 15 is 0 Å². The predicted molar refractivity (Wildman–Crippen MR) is 64.6 cm³/mol. The average molecular weight is 238 g/mol. The molecule has 0 amide bonds. The minimum absolute atomic E-state index is 0.0250. The number of benzene rings is 1. The molecule has 1 aliphatic rings. The van der Waals surface area contributed by atoms with E-state index in [0.717, 1.165) is 12.0 Å². The molecule has 0 saturated heterocycles. The van der Waals surface area contributed by atoms with Gasteiger partial charge in [0.25, 0.3) is 0 Å². The van der Waals surface area contributed by atoms with Gasteiger partial charge in [-0.2, -0.15) is 0 Å². The molecule has 1 N–H and O–H groups in total. The smallest absolute Gasteiger partial charge is 0.126 e. The summed E-state index contributed by atoms with van der Waals surface area (Å²) >= 11 is 0. The Labute approximate surface area is 101 Å². The lowest BCUT2D eigenvalue weighted by Gasteiger charge is -2.50. The summed E-state index contributed by atoms with van der Waals surface area (Å²) in [5, 5.41) is 9.79. The van der Waals surface area contributed by atoms with Crippen molar-refractivity contribution in [3.05, 3.63) is 29.6 Å². The highest BCUT2D eigenvalue weighted by molar-refractivity contribution is 5.33. The Morgan fingerprint density at radius 1 is 1.53 bits per heavy atom. The monoisotopic (exact) mass is 238 g/mol. The minimum Gasteiger partial charge on any atom is -0.489 e. The second kappa shape index (κ2) is 4.30. The number of aliphatic hydroxyl groups is 1. The lowest BCUT2D eigenvalue weighted by atomic mass is 9.63. The van der Waals surface area contributed by atoms with Crippen molar-refractivity contribution in [1.82, 2.24) is 0 Å². The second-order valence-corrected chi connectivity index (χ2v) is 5.13. The number of ether oxygens (including phenoxy) is 1. The maximum Gasteiger partial charge on any atom is 0.126 e. The molecule has 3 heteroatoms. The first-order valence-corrected chi connectivity index (χ1v) is 6.08. The van der Waals surface area contributed by atoms with Crippen LogP contribution in [0.4, 0.5) is 4.39 Å². The van der Waals surface area contributed by atoms with E-state index in [1.165, 1.54) is 12.1 Å². The van der Waals surface area contributed by atoms with Gasteiger partial charge in [-0.3, -0.25) is 0 Å². The molecule has 1 saturated carbocycles. The highest BCUT2D eigenvalue weighted by atomic mass is 19.1. The average Bonchev–Trinajstić information content (AvgIpc) is 2.32. The topological polar surface area (TPSA) is 29.5 Å². The molecule has 17 heavy (non-hydrogen) atoms. The Balaban J connectivity index is 2.14. The summed E-state index contributed by atoms with van der Waals surface area (Å²) in [5.41, 5.74) is 0.713. The van der Waals surface area contributed by atoms with Crippen LogP contribution in [-0.2, 0) is 0 Å². The summed E-state index contributed by atoms with van der Waals surface area (Å²) < 4.78 is 19.0. The summed E-state index contributed by atoms with van der Waals surface area (Å²) in [6, 6.07) is 4.55. The van der Waals surface area contributed by atoms with Crippen LogP contribution in [0.25, 0.3) is 0 Å². The first kappa shape index (κ1) is 12.4. The fourth-order valence-corrected chi connectivity index (χ4v) is 2.30. The third kappa shape index (κ3) is 2.04. The van der Waals surface area contributed by atoms with Crippen molar-refractivity contribution < 1.29 is 14.2 Å². The Bertz CT molecular complexity index is 419. The van der Waals surface area contributed by atoms with E-state index in [-0.39, 0.29) is 23.4 Å². The molecule has 0 radical (unpaired) electrons. The van der Waals surface area contributed by atoms with Crippen molar-refractivity contribution in [1.29, 1.82) is 0 Å². The van der Waals surface area contributed by atoms with Gasteiger partial charge in [-0.1, -0.05) is 19.9 Å². The Hall–Kier alpha value is -1.09. The SMILES string of the molecule is CCC1(C)C(O)CC1Oc1cc(F)ccc1C. The maximum atomic E-state index is 13.1. The van der Waals surface area contributed by atoms with E-state index in [1.54, 1.807) is 6.07 Å². The van der Waals surface area contributed by atoms with Crippen molar-refractivity contribution in [3.63, 3.8) is 0 Å². The molecule has 1 aromatic rings. The van der Waals surface area contributed by atoms with E-state index in [1.807, 2.05) is 20.8 Å². The molecule has 0 aliphatic heterocycles. The number of aliphatic hydroxyl groups excluding tert-OH is 1. The third-order valence-electron chi connectivity index (χ3n) is 4.12. The molecule has 0 spiro atoms. The van der Waals surface area contributed by atoms with Crippen molar-refractivity contribution >= 4 is 0 Å². The van der Waals surface area contributed by atoms with Crippen LogP contribution in [0.3, 0.4) is 0 Å². The van der Waals surface area contributed by atoms with Gasteiger partial charge in [-0.15, -0.1) is 0 Å². The number of hydrogen-bond acceptors (Lipinski definition) is 2. The molecule has 0 heterocycles. The van der Waals surface area contributed by atoms with Crippen LogP contribution in [0, 0.1) is 18.2 Å². The molecule has 1 aliphatic carbocycles. The molecular weight excluding hydrogens is 219 g/mol. The molecule has 1 fully saturated rings. The summed E-state index contributed by atoms with van der Waals surface area (Å²) in [6.45, 7) is 5.95. The molecule has 0 aromatic heterocycles. The molecule has 3 atom stereocenters. The predicted octanol–water partition coefficient (Wildman–Crippen LogP) is 3.06. The van der Waals surface area contributed by atoms with E-state index < -0.39 is 0 Å². The fraction of sp³-hybridized carbons (Fsp3) is 0.571. The van der Waals surface area contributed by atoms with Gasteiger partial charge in [0.15, 0.2) is 0 Å². The summed E-state index contributed by atoms with van der Waals surface area (Å²) in [4.78, 5) is 0. The van der Waals surface area contributed by atoms with Crippen molar-refractivity contribution in [2.24, 2.45) is 5.41 Å². The van der Waals surface area contributed by atoms with Gasteiger partial charge in [0.1, 0.15) is 17.7 Å². The lowest BCUT2D eigenvalue weighted by molar-refractivity contribution is -0.147. The van der Waals surface area contributed by atoms with Gasteiger partial charge in [0.2, 0.25) is 0 Å². The zero-order valence-corrected chi connectivity index (χ0v) is 10.5. The Morgan fingerprint density at radius 3 is 2.82 bits per heavy atom. The van der Waals surface area contributed by atoms with Gasteiger partial charge in [-0.05, 0) is 25.0 Å². The van der Waals surface area contributed by atoms with Crippen LogP contribution in [0.2, 0.25) is 0 Å². The highest BCUT2D eigenvalue weighted by Crippen LogP contribution is 2.46. The maximum absolute atomic E-state index is 13.1. The largest absolute Gasteiger partial charge is 0.489 e. The third-order valence-corrected chi connectivity index (χ3v) is 4.12. The lowest BCUT2D eigenvalue weighted by Crippen LogP contribution is -2.57. The normalized spacial score (nSPS) is 32.1. The fourth-order valence-electron chi connectivity index (χ4n) is 2.30. The van der Waals surface area contributed by atoms with Crippen LogP contribution >= 0.6 is 0 Å². The molecule has 2 nitrogen and oxygen atoms in total. The summed E-state index contributed by atoms with van der Waals surface area (Å²) in [5.74, 6) is 0.297. The molecule has 94 valence electrons. The van der Waals surface area contributed by atoms with Crippen molar-refractivity contribution in [2.75, 3.05) is 0 Å². The van der Waals surface area contributed by atoms with E-state index in [4.69, 9.17) is 4.74 Å². The zero-order chi connectivity index (χ0) is 12.6. The molecule has 1 aromatic carbocycles. The Morgan fingerprint density at radius 2 is 2.24 bits per heavy atom. The highest BCUT2D eigenvalue weighted by Gasteiger charge is 2.51. The first-order chi connectivity index (χ1) is 7.97. The standard InChI is InChI=1S/C14H19FO2/c1-4-14(3)12(16)8-13(14)17-11-7-10(15)6-5-9(11)2/h5-7,12-13,16H,4,8H2,1-3H3. The molecule has 0 bridgehead atoms.